The fraction of sp³-hybridized carbons (Fsp3) is 0.864. The third-order valence-corrected chi connectivity index (χ3v) is 10.1. The van der Waals surface area contributed by atoms with Gasteiger partial charge in [-0.3, -0.25) is 0 Å². The van der Waals surface area contributed by atoms with E-state index in [0.29, 0.717) is 0 Å². The van der Waals surface area contributed by atoms with Gasteiger partial charge in [0.2, 0.25) is 0 Å². The maximum atomic E-state index is 2.57. The van der Waals surface area contributed by atoms with Crippen molar-refractivity contribution in [2.24, 2.45) is 0 Å². The summed E-state index contributed by atoms with van der Waals surface area (Å²) in [5.74, 6) is 0. The highest BCUT2D eigenvalue weighted by Gasteiger charge is 2.04. The molecule has 1 aromatic rings. The van der Waals surface area contributed by atoms with E-state index in [1.807, 2.05) is 0 Å². The minimum atomic E-state index is 1.27. The summed E-state index contributed by atoms with van der Waals surface area (Å²) < 4.78 is 0. The van der Waals surface area contributed by atoms with Gasteiger partial charge in [0.15, 0.2) is 0 Å². The van der Waals surface area contributed by atoms with Crippen LogP contribution >= 0.6 is 0 Å². The minimum absolute atomic E-state index is 1.27. The topological polar surface area (TPSA) is 0 Å². The second-order valence-corrected chi connectivity index (χ2v) is 14.7. The van der Waals surface area contributed by atoms with Gasteiger partial charge >= 0.3 is 0 Å². The highest BCUT2D eigenvalue weighted by molar-refractivity contribution is 5.30. The van der Waals surface area contributed by atoms with Crippen LogP contribution in [-0.4, -0.2) is 0 Å². The lowest BCUT2D eigenvalue weighted by molar-refractivity contribution is 0.532. The average Bonchev–Trinajstić information content (AvgIpc) is 3.03. The van der Waals surface area contributed by atoms with Crippen LogP contribution in [0.15, 0.2) is 18.2 Å². The van der Waals surface area contributed by atoms with Crippen molar-refractivity contribution in [2.75, 3.05) is 0 Å². The van der Waals surface area contributed by atoms with Gasteiger partial charge in [-0.25, -0.2) is 0 Å². The van der Waals surface area contributed by atoms with E-state index in [4.69, 9.17) is 0 Å². The smallest absolute Gasteiger partial charge is 0.0279 e. The van der Waals surface area contributed by atoms with Gasteiger partial charge in [0, 0.05) is 0 Å². The zero-order valence-electron chi connectivity index (χ0n) is 31.0. The van der Waals surface area contributed by atoms with Crippen molar-refractivity contribution in [1.29, 1.82) is 0 Å². The minimum Gasteiger partial charge on any atom is -0.0654 e. The maximum absolute atomic E-state index is 2.57. The molecule has 0 aliphatic carbocycles. The first kappa shape index (κ1) is 41.2. The Labute approximate surface area is 279 Å². The largest absolute Gasteiger partial charge is 0.0654 e. The molecular formula is C44H82. The fourth-order valence-electron chi connectivity index (χ4n) is 7.05. The third-order valence-electron chi connectivity index (χ3n) is 10.1. The van der Waals surface area contributed by atoms with Crippen LogP contribution in [0.25, 0.3) is 0 Å². The first-order valence-electron chi connectivity index (χ1n) is 20.9. The summed E-state index contributed by atoms with van der Waals surface area (Å²) in [7, 11) is 0. The summed E-state index contributed by atoms with van der Waals surface area (Å²) in [5.41, 5.74) is 4.87. The first-order valence-corrected chi connectivity index (χ1v) is 20.9. The second kappa shape index (κ2) is 33.6. The third kappa shape index (κ3) is 27.5. The molecule has 0 saturated carbocycles. The number of hydrogen-bond donors (Lipinski definition) is 0. The summed E-state index contributed by atoms with van der Waals surface area (Å²) in [6.45, 7) is 6.95. The average molecular weight is 611 g/mol. The van der Waals surface area contributed by atoms with Crippen LogP contribution < -0.4 is 0 Å². The molecule has 0 unspecified atom stereocenters. The molecule has 0 fully saturated rings. The molecule has 0 saturated heterocycles. The van der Waals surface area contributed by atoms with E-state index in [9.17, 15) is 0 Å². The van der Waals surface area contributed by atoms with Crippen molar-refractivity contribution in [3.63, 3.8) is 0 Å². The van der Waals surface area contributed by atoms with Crippen molar-refractivity contribution < 1.29 is 0 Å². The van der Waals surface area contributed by atoms with Crippen molar-refractivity contribution in [3.05, 3.63) is 34.9 Å². The van der Waals surface area contributed by atoms with Crippen LogP contribution in [0, 0.1) is 0 Å². The molecule has 0 aromatic heterocycles. The molecular weight excluding hydrogens is 528 g/mol. The van der Waals surface area contributed by atoms with Crippen molar-refractivity contribution in [3.8, 4) is 0 Å². The monoisotopic (exact) mass is 611 g/mol. The molecule has 44 heavy (non-hydrogen) atoms. The lowest BCUT2D eigenvalue weighted by Crippen LogP contribution is -1.96. The molecule has 0 spiro atoms. The summed E-state index contributed by atoms with van der Waals surface area (Å²) in [6.07, 6.45) is 50.0. The van der Waals surface area contributed by atoms with Crippen molar-refractivity contribution in [1.82, 2.24) is 0 Å². The molecule has 1 rings (SSSR count). The molecule has 1 aromatic carbocycles. The van der Waals surface area contributed by atoms with Crippen LogP contribution in [0.1, 0.15) is 243 Å². The standard InChI is InChI=1S/C44H82/c1-4-7-10-12-14-16-18-20-22-24-26-28-30-32-34-37-43-39-42(36-9-6-3)40-44(41-43)38-35-33-31-29-27-25-23-21-19-17-15-13-11-8-5-2/h39-41H,4-38H2,1-3H3. The fourth-order valence-corrected chi connectivity index (χ4v) is 7.05. The Bertz CT molecular complexity index is 635. The lowest BCUT2D eigenvalue weighted by atomic mass is 9.95. The summed E-state index contributed by atoms with van der Waals surface area (Å²) in [4.78, 5) is 0. The van der Waals surface area contributed by atoms with E-state index in [0.717, 1.165) is 0 Å². The highest BCUT2D eigenvalue weighted by atomic mass is 14.1. The normalized spacial score (nSPS) is 11.5. The lowest BCUT2D eigenvalue weighted by Gasteiger charge is -2.11. The molecule has 0 radical (unpaired) electrons. The Kier molecular flexibility index (Phi) is 31.5. The molecule has 0 heteroatoms. The Hall–Kier alpha value is -0.780. The van der Waals surface area contributed by atoms with Crippen LogP contribution in [0.5, 0.6) is 0 Å². The summed E-state index contributed by atoms with van der Waals surface area (Å²) in [5, 5.41) is 0. The highest BCUT2D eigenvalue weighted by Crippen LogP contribution is 2.20. The zero-order valence-corrected chi connectivity index (χ0v) is 31.0. The Morgan fingerprint density at radius 1 is 0.227 bits per heavy atom. The molecule has 258 valence electrons. The van der Waals surface area contributed by atoms with Gasteiger partial charge in [-0.2, -0.15) is 0 Å². The zero-order chi connectivity index (χ0) is 31.6. The van der Waals surface area contributed by atoms with Crippen LogP contribution in [0.4, 0.5) is 0 Å². The number of rotatable bonds is 35. The van der Waals surface area contributed by atoms with Gasteiger partial charge in [-0.1, -0.05) is 225 Å². The van der Waals surface area contributed by atoms with Crippen LogP contribution in [-0.2, 0) is 19.3 Å². The van der Waals surface area contributed by atoms with E-state index in [2.05, 4.69) is 39.0 Å². The molecule has 0 atom stereocenters. The number of aryl methyl sites for hydroxylation is 3. The van der Waals surface area contributed by atoms with E-state index in [1.54, 1.807) is 16.7 Å². The number of benzene rings is 1. The Morgan fingerprint density at radius 2 is 0.409 bits per heavy atom. The van der Waals surface area contributed by atoms with Crippen LogP contribution in [0.2, 0.25) is 0 Å². The molecule has 0 amide bonds. The molecule has 0 aliphatic rings. The van der Waals surface area contributed by atoms with Crippen molar-refractivity contribution >= 4 is 0 Å². The Balaban J connectivity index is 2.09. The second-order valence-electron chi connectivity index (χ2n) is 14.7. The molecule has 0 nitrogen and oxygen atoms in total. The van der Waals surface area contributed by atoms with Crippen molar-refractivity contribution in [2.45, 2.75) is 245 Å². The van der Waals surface area contributed by atoms with E-state index in [1.165, 1.54) is 225 Å². The number of unbranched alkanes of at least 4 members (excludes halogenated alkanes) is 29. The molecule has 0 heterocycles. The van der Waals surface area contributed by atoms with Crippen LogP contribution in [0.3, 0.4) is 0 Å². The molecule has 0 bridgehead atoms. The first-order chi connectivity index (χ1) is 21.8. The summed E-state index contributed by atoms with van der Waals surface area (Å²) in [6, 6.07) is 7.67. The van der Waals surface area contributed by atoms with Gasteiger partial charge in [0.25, 0.3) is 0 Å². The van der Waals surface area contributed by atoms with Gasteiger partial charge in [-0.15, -0.1) is 0 Å². The van der Waals surface area contributed by atoms with E-state index < -0.39 is 0 Å². The maximum Gasteiger partial charge on any atom is -0.0279 e. The van der Waals surface area contributed by atoms with Gasteiger partial charge < -0.3 is 0 Å². The predicted octanol–water partition coefficient (Wildman–Crippen LogP) is 15.9. The van der Waals surface area contributed by atoms with E-state index in [-0.39, 0.29) is 0 Å². The quantitative estimate of drug-likeness (QED) is 0.0671. The number of hydrogen-bond acceptors (Lipinski definition) is 0. The predicted molar refractivity (Wildman–Crippen MR) is 202 cm³/mol. The Morgan fingerprint density at radius 3 is 0.636 bits per heavy atom. The van der Waals surface area contributed by atoms with Gasteiger partial charge in [0.05, 0.1) is 0 Å². The SMILES string of the molecule is CCCCCCCCCCCCCCCCCc1cc(CCCC)cc(CCCCCCCCCCCCCCCCC)c1. The van der Waals surface area contributed by atoms with E-state index >= 15 is 0 Å². The van der Waals surface area contributed by atoms with Gasteiger partial charge in [-0.05, 0) is 55.2 Å². The molecule has 0 aliphatic heterocycles. The summed E-state index contributed by atoms with van der Waals surface area (Å²) >= 11 is 0. The molecule has 0 N–H and O–H groups in total. The van der Waals surface area contributed by atoms with Gasteiger partial charge in [0.1, 0.15) is 0 Å².